The van der Waals surface area contributed by atoms with E-state index in [9.17, 15) is 14.7 Å². The summed E-state index contributed by atoms with van der Waals surface area (Å²) in [6.45, 7) is 5.83. The zero-order valence-electron chi connectivity index (χ0n) is 24.0. The quantitative estimate of drug-likeness (QED) is 0.134. The van der Waals surface area contributed by atoms with Gasteiger partial charge in [0, 0.05) is 25.6 Å². The molecule has 1 aliphatic carbocycles. The highest BCUT2D eigenvalue weighted by Crippen LogP contribution is 2.40. The van der Waals surface area contributed by atoms with Crippen LogP contribution in [-0.2, 0) is 23.8 Å². The molecule has 1 fully saturated rings. The van der Waals surface area contributed by atoms with E-state index in [2.05, 4.69) is 21.5 Å². The summed E-state index contributed by atoms with van der Waals surface area (Å²) in [7, 11) is 3.25. The Kier molecular flexibility index (Phi) is 12.0. The number of methoxy groups -OCH3 is 1. The highest BCUT2D eigenvalue weighted by Gasteiger charge is 2.41. The molecule has 0 saturated heterocycles. The van der Waals surface area contributed by atoms with Gasteiger partial charge in [0.15, 0.2) is 0 Å². The average molecular weight is 558 g/mol. The van der Waals surface area contributed by atoms with Crippen molar-refractivity contribution in [3.8, 4) is 0 Å². The first kappa shape index (κ1) is 31.6. The molecule has 1 aromatic carbocycles. The number of hydrogen-bond acceptors (Lipinski definition) is 10. The number of rotatable bonds is 14. The molecular formula is C29H43N5O6. The fourth-order valence-corrected chi connectivity index (χ4v) is 4.54. The first-order valence-electron chi connectivity index (χ1n) is 13.7. The molecule has 220 valence electrons. The third-order valence-electron chi connectivity index (χ3n) is 7.19. The number of esters is 1. The standard InChI is InChI=1S/C29H43N5O6/c1-19(31-17-38-5)25-9-8-23-7-6-22(16-26(23)33-25)10-13-29(14-11-24(35)12-15-29)28(37)40-21(3)39-18-32-20(2)27(36)34-30-4/h6-10,13,16,19-21,24,30-32,35H,11-12,14-15,17-18H2,1-5H3,(H,34,36)/b13-10+/t19-,20+,21?,24-,29-/m1/s1. The van der Waals surface area contributed by atoms with E-state index in [4.69, 9.17) is 19.2 Å². The van der Waals surface area contributed by atoms with Crippen LogP contribution in [-0.4, -0.2) is 68.0 Å². The predicted molar refractivity (Wildman–Crippen MR) is 152 cm³/mol. The van der Waals surface area contributed by atoms with E-state index in [1.807, 2.05) is 49.4 Å². The number of amides is 1. The van der Waals surface area contributed by atoms with Gasteiger partial charge in [-0.15, -0.1) is 0 Å². The van der Waals surface area contributed by atoms with Crippen LogP contribution in [0.2, 0.25) is 0 Å². The zero-order chi connectivity index (χ0) is 29.1. The van der Waals surface area contributed by atoms with E-state index >= 15 is 0 Å². The van der Waals surface area contributed by atoms with Crippen molar-refractivity contribution in [1.82, 2.24) is 26.5 Å². The van der Waals surface area contributed by atoms with Crippen LogP contribution < -0.4 is 21.5 Å². The van der Waals surface area contributed by atoms with E-state index in [0.717, 1.165) is 22.2 Å². The van der Waals surface area contributed by atoms with Crippen LogP contribution in [0.15, 0.2) is 36.4 Å². The van der Waals surface area contributed by atoms with Gasteiger partial charge in [0.1, 0.15) is 6.73 Å². The predicted octanol–water partition coefficient (Wildman–Crippen LogP) is 2.52. The smallest absolute Gasteiger partial charge is 0.318 e. The summed E-state index contributed by atoms with van der Waals surface area (Å²) in [5.41, 5.74) is 6.86. The van der Waals surface area contributed by atoms with E-state index in [0.29, 0.717) is 32.4 Å². The Bertz CT molecular complexity index is 1150. The van der Waals surface area contributed by atoms with Gasteiger partial charge in [0.2, 0.25) is 6.29 Å². The topological polar surface area (TPSA) is 143 Å². The molecule has 1 unspecified atom stereocenters. The lowest BCUT2D eigenvalue weighted by atomic mass is 9.72. The van der Waals surface area contributed by atoms with E-state index in [1.54, 1.807) is 28.0 Å². The number of hydrazine groups is 1. The van der Waals surface area contributed by atoms with Gasteiger partial charge in [-0.1, -0.05) is 30.4 Å². The Morgan fingerprint density at radius 3 is 2.55 bits per heavy atom. The molecule has 11 nitrogen and oxygen atoms in total. The number of pyridine rings is 1. The molecule has 11 heteroatoms. The van der Waals surface area contributed by atoms with Gasteiger partial charge in [-0.2, -0.15) is 0 Å². The lowest BCUT2D eigenvalue weighted by molar-refractivity contribution is -0.187. The summed E-state index contributed by atoms with van der Waals surface area (Å²) in [6.07, 6.45) is 4.50. The summed E-state index contributed by atoms with van der Waals surface area (Å²) in [5.74, 6) is -0.638. The van der Waals surface area contributed by atoms with Crippen molar-refractivity contribution in [1.29, 1.82) is 0 Å². The lowest BCUT2D eigenvalue weighted by Gasteiger charge is -2.35. The van der Waals surface area contributed by atoms with Gasteiger partial charge in [-0.05, 0) is 64.2 Å². The molecule has 2 aromatic rings. The molecular weight excluding hydrogens is 514 g/mol. The highest BCUT2D eigenvalue weighted by atomic mass is 16.7. The van der Waals surface area contributed by atoms with E-state index in [1.165, 1.54) is 0 Å². The molecule has 1 saturated carbocycles. The number of ether oxygens (including phenoxy) is 3. The molecule has 1 heterocycles. The summed E-state index contributed by atoms with van der Waals surface area (Å²) in [5, 5.41) is 17.3. The Morgan fingerprint density at radius 1 is 1.12 bits per heavy atom. The molecule has 3 atom stereocenters. The summed E-state index contributed by atoms with van der Waals surface area (Å²) < 4.78 is 16.4. The molecule has 1 aromatic heterocycles. The maximum absolute atomic E-state index is 13.4. The Hall–Kier alpha value is -2.93. The van der Waals surface area contributed by atoms with E-state index < -0.39 is 29.8 Å². The summed E-state index contributed by atoms with van der Waals surface area (Å²) in [6, 6.07) is 9.58. The molecule has 0 aliphatic heterocycles. The van der Waals surface area contributed by atoms with Crippen LogP contribution in [0.5, 0.6) is 0 Å². The highest BCUT2D eigenvalue weighted by molar-refractivity contribution is 5.83. The van der Waals surface area contributed by atoms with Crippen molar-refractivity contribution in [2.75, 3.05) is 27.6 Å². The van der Waals surface area contributed by atoms with Crippen LogP contribution in [0, 0.1) is 5.41 Å². The van der Waals surface area contributed by atoms with Crippen molar-refractivity contribution in [3.05, 3.63) is 47.7 Å². The number of nitrogens with one attached hydrogen (secondary N) is 4. The molecule has 0 radical (unpaired) electrons. The monoisotopic (exact) mass is 557 g/mol. The summed E-state index contributed by atoms with van der Waals surface area (Å²) in [4.78, 5) is 30.0. The van der Waals surface area contributed by atoms with Gasteiger partial charge in [-0.3, -0.25) is 30.6 Å². The van der Waals surface area contributed by atoms with E-state index in [-0.39, 0.29) is 18.7 Å². The molecule has 1 aliphatic rings. The molecule has 3 rings (SSSR count). The molecule has 1 amide bonds. The van der Waals surface area contributed by atoms with Crippen molar-refractivity contribution >= 4 is 28.9 Å². The summed E-state index contributed by atoms with van der Waals surface area (Å²) >= 11 is 0. The number of fused-ring (bicyclic) bond motifs is 1. The first-order valence-corrected chi connectivity index (χ1v) is 13.7. The van der Waals surface area contributed by atoms with Crippen LogP contribution >= 0.6 is 0 Å². The number of hydrogen-bond donors (Lipinski definition) is 5. The first-order chi connectivity index (χ1) is 19.2. The molecule has 5 N–H and O–H groups in total. The number of carbonyl (C=O) groups is 2. The zero-order valence-corrected chi connectivity index (χ0v) is 24.0. The molecule has 40 heavy (non-hydrogen) atoms. The van der Waals surface area contributed by atoms with Gasteiger partial charge in [0.25, 0.3) is 5.91 Å². The minimum atomic E-state index is -0.882. The maximum Gasteiger partial charge on any atom is 0.318 e. The van der Waals surface area contributed by atoms with Crippen LogP contribution in [0.4, 0.5) is 0 Å². The number of nitrogens with zero attached hydrogens (tertiary/aromatic N) is 1. The second kappa shape index (κ2) is 15.2. The van der Waals surface area contributed by atoms with Crippen LogP contribution in [0.1, 0.15) is 63.8 Å². The van der Waals surface area contributed by atoms with Gasteiger partial charge < -0.3 is 19.3 Å². The largest absolute Gasteiger partial charge is 0.435 e. The fraction of sp³-hybridized carbons (Fsp3) is 0.552. The van der Waals surface area contributed by atoms with Crippen molar-refractivity contribution in [2.24, 2.45) is 5.41 Å². The number of aliphatic hydroxyl groups excluding tert-OH is 1. The van der Waals surface area contributed by atoms with Crippen LogP contribution in [0.3, 0.4) is 0 Å². The van der Waals surface area contributed by atoms with Crippen molar-refractivity contribution < 1.29 is 28.9 Å². The SMILES string of the molecule is CNNC(=O)[C@H](C)NCOC(C)OC(=O)[C@]1(/C=C/c2ccc3ccc([C@@H](C)NCOC)nc3c2)CC[C@@H](O)CC1. The second-order valence-electron chi connectivity index (χ2n) is 10.2. The minimum Gasteiger partial charge on any atom is -0.435 e. The number of aromatic nitrogens is 1. The fourth-order valence-electron chi connectivity index (χ4n) is 4.54. The average Bonchev–Trinajstić information content (AvgIpc) is 2.95. The van der Waals surface area contributed by atoms with Crippen LogP contribution in [0.25, 0.3) is 17.0 Å². The maximum atomic E-state index is 13.4. The third kappa shape index (κ3) is 8.79. The second-order valence-corrected chi connectivity index (χ2v) is 10.2. The molecule has 0 spiro atoms. The number of carbonyl (C=O) groups excluding carboxylic acids is 2. The Labute approximate surface area is 236 Å². The van der Waals surface area contributed by atoms with Crippen molar-refractivity contribution in [2.45, 2.75) is 70.9 Å². The normalized spacial score (nSPS) is 21.7. The Morgan fingerprint density at radius 2 is 1.85 bits per heavy atom. The number of benzene rings is 1. The third-order valence-corrected chi connectivity index (χ3v) is 7.19. The minimum absolute atomic E-state index is 0.0278. The van der Waals surface area contributed by atoms with Gasteiger partial charge in [-0.25, -0.2) is 5.43 Å². The van der Waals surface area contributed by atoms with Crippen molar-refractivity contribution in [3.63, 3.8) is 0 Å². The molecule has 0 bridgehead atoms. The number of aliphatic hydroxyl groups is 1. The Balaban J connectivity index is 1.70. The van der Waals surface area contributed by atoms with Gasteiger partial charge in [0.05, 0.1) is 35.5 Å². The van der Waals surface area contributed by atoms with Gasteiger partial charge >= 0.3 is 5.97 Å². The lowest BCUT2D eigenvalue weighted by Crippen LogP contribution is -2.47.